The van der Waals surface area contributed by atoms with Gasteiger partial charge in [-0.2, -0.15) is 0 Å². The second-order valence-electron chi connectivity index (χ2n) is 5.81. The molecule has 1 heterocycles. The zero-order valence-electron chi connectivity index (χ0n) is 13.9. The van der Waals surface area contributed by atoms with Gasteiger partial charge in [0.25, 0.3) is 0 Å². The average molecular weight is 360 g/mol. The van der Waals surface area contributed by atoms with E-state index in [0.717, 1.165) is 29.9 Å². The van der Waals surface area contributed by atoms with Crippen molar-refractivity contribution in [3.05, 3.63) is 60.2 Å². The Balaban J connectivity index is 0.00000225. The molecule has 0 atom stereocenters. The minimum atomic E-state index is -0.0577. The number of hydrogen-bond acceptors (Lipinski definition) is 3. The van der Waals surface area contributed by atoms with E-state index in [4.69, 9.17) is 0 Å². The number of nitrogens with zero attached hydrogens (tertiary/aromatic N) is 1. The highest BCUT2D eigenvalue weighted by Gasteiger charge is 2.21. The molecule has 1 fully saturated rings. The van der Waals surface area contributed by atoms with Gasteiger partial charge in [-0.15, -0.1) is 12.4 Å². The van der Waals surface area contributed by atoms with Gasteiger partial charge in [0.1, 0.15) is 0 Å². The molecule has 0 aliphatic carbocycles. The molecule has 5 nitrogen and oxygen atoms in total. The molecule has 0 spiro atoms. The van der Waals surface area contributed by atoms with Gasteiger partial charge >= 0.3 is 0 Å². The van der Waals surface area contributed by atoms with E-state index in [1.807, 2.05) is 59.5 Å². The van der Waals surface area contributed by atoms with Crippen LogP contribution < -0.4 is 15.5 Å². The number of rotatable bonds is 6. The van der Waals surface area contributed by atoms with Gasteiger partial charge in [-0.25, -0.2) is 0 Å². The molecule has 0 unspecified atom stereocenters. The summed E-state index contributed by atoms with van der Waals surface area (Å²) in [7, 11) is 0. The number of benzene rings is 2. The number of halogens is 1. The van der Waals surface area contributed by atoms with Crippen molar-refractivity contribution in [2.45, 2.75) is 19.4 Å². The number of para-hydroxylation sites is 1. The summed E-state index contributed by atoms with van der Waals surface area (Å²) < 4.78 is 0. The summed E-state index contributed by atoms with van der Waals surface area (Å²) in [5.41, 5.74) is 2.86. The zero-order valence-corrected chi connectivity index (χ0v) is 14.7. The van der Waals surface area contributed by atoms with Crippen LogP contribution in [0.3, 0.4) is 0 Å². The lowest BCUT2D eigenvalue weighted by Crippen LogP contribution is -2.29. The Morgan fingerprint density at radius 3 is 2.40 bits per heavy atom. The molecular weight excluding hydrogens is 338 g/mol. The summed E-state index contributed by atoms with van der Waals surface area (Å²) >= 11 is 0. The summed E-state index contributed by atoms with van der Waals surface area (Å²) in [6.45, 7) is 1.51. The smallest absolute Gasteiger partial charge is 0.239 e. The van der Waals surface area contributed by atoms with Crippen molar-refractivity contribution in [1.82, 2.24) is 5.32 Å². The largest absolute Gasteiger partial charge is 0.376 e. The maximum Gasteiger partial charge on any atom is 0.239 e. The van der Waals surface area contributed by atoms with Crippen LogP contribution in [-0.4, -0.2) is 24.9 Å². The molecule has 132 valence electrons. The third-order valence-electron chi connectivity index (χ3n) is 4.04. The van der Waals surface area contributed by atoms with Gasteiger partial charge in [0.15, 0.2) is 0 Å². The van der Waals surface area contributed by atoms with Gasteiger partial charge in [0.05, 0.1) is 6.54 Å². The van der Waals surface area contributed by atoms with Gasteiger partial charge in [-0.05, 0) is 36.2 Å². The molecule has 0 radical (unpaired) electrons. The average Bonchev–Trinajstić information content (AvgIpc) is 3.05. The highest BCUT2D eigenvalue weighted by atomic mass is 35.5. The summed E-state index contributed by atoms with van der Waals surface area (Å²) in [5, 5.41) is 5.96. The van der Waals surface area contributed by atoms with E-state index in [9.17, 15) is 9.59 Å². The SMILES string of the molecule is Cl.O=C(CNc1ccccc1)NCc1ccc(N2CCCC2=O)cc1. The van der Waals surface area contributed by atoms with E-state index in [-0.39, 0.29) is 30.8 Å². The summed E-state index contributed by atoms with van der Waals surface area (Å²) in [5.74, 6) is 0.126. The molecular formula is C19H22ClN3O2. The van der Waals surface area contributed by atoms with Crippen LogP contribution in [0.25, 0.3) is 0 Å². The van der Waals surface area contributed by atoms with Crippen molar-refractivity contribution in [2.75, 3.05) is 23.3 Å². The van der Waals surface area contributed by atoms with Crippen LogP contribution in [0.2, 0.25) is 0 Å². The molecule has 0 bridgehead atoms. The van der Waals surface area contributed by atoms with E-state index in [0.29, 0.717) is 13.0 Å². The molecule has 1 aliphatic rings. The van der Waals surface area contributed by atoms with Crippen molar-refractivity contribution >= 4 is 35.6 Å². The lowest BCUT2D eigenvalue weighted by atomic mass is 10.2. The number of amides is 2. The van der Waals surface area contributed by atoms with Gasteiger partial charge in [-0.3, -0.25) is 9.59 Å². The van der Waals surface area contributed by atoms with E-state index >= 15 is 0 Å². The molecule has 2 amide bonds. The topological polar surface area (TPSA) is 61.4 Å². The quantitative estimate of drug-likeness (QED) is 0.833. The van der Waals surface area contributed by atoms with Crippen LogP contribution in [0.15, 0.2) is 54.6 Å². The predicted octanol–water partition coefficient (Wildman–Crippen LogP) is 2.96. The number of nitrogens with one attached hydrogen (secondary N) is 2. The number of hydrogen-bond donors (Lipinski definition) is 2. The Morgan fingerprint density at radius 2 is 1.76 bits per heavy atom. The first-order valence-electron chi connectivity index (χ1n) is 8.17. The van der Waals surface area contributed by atoms with Gasteiger partial charge in [0, 0.05) is 30.9 Å². The van der Waals surface area contributed by atoms with Crippen LogP contribution >= 0.6 is 12.4 Å². The first-order chi connectivity index (χ1) is 11.7. The number of carbonyl (C=O) groups excluding carboxylic acids is 2. The second-order valence-corrected chi connectivity index (χ2v) is 5.81. The fourth-order valence-corrected chi connectivity index (χ4v) is 2.72. The molecule has 2 aromatic rings. The molecule has 3 rings (SSSR count). The Hall–Kier alpha value is -2.53. The van der Waals surface area contributed by atoms with Crippen molar-refractivity contribution in [3.63, 3.8) is 0 Å². The molecule has 0 aromatic heterocycles. The molecule has 2 N–H and O–H groups in total. The van der Waals surface area contributed by atoms with Crippen molar-refractivity contribution in [2.24, 2.45) is 0 Å². The lowest BCUT2D eigenvalue weighted by molar-refractivity contribution is -0.119. The highest BCUT2D eigenvalue weighted by molar-refractivity contribution is 5.95. The fourth-order valence-electron chi connectivity index (χ4n) is 2.72. The van der Waals surface area contributed by atoms with Crippen molar-refractivity contribution in [1.29, 1.82) is 0 Å². The lowest BCUT2D eigenvalue weighted by Gasteiger charge is -2.16. The minimum Gasteiger partial charge on any atom is -0.376 e. The van der Waals surface area contributed by atoms with E-state index < -0.39 is 0 Å². The number of carbonyl (C=O) groups is 2. The number of anilines is 2. The third kappa shape index (κ3) is 5.22. The van der Waals surface area contributed by atoms with Crippen molar-refractivity contribution in [3.8, 4) is 0 Å². The third-order valence-corrected chi connectivity index (χ3v) is 4.04. The zero-order chi connectivity index (χ0) is 16.8. The van der Waals surface area contributed by atoms with Crippen LogP contribution in [0.1, 0.15) is 18.4 Å². The van der Waals surface area contributed by atoms with Gasteiger partial charge < -0.3 is 15.5 Å². The first kappa shape index (κ1) is 18.8. The van der Waals surface area contributed by atoms with Crippen LogP contribution in [0, 0.1) is 0 Å². The molecule has 6 heteroatoms. The van der Waals surface area contributed by atoms with E-state index in [1.165, 1.54) is 0 Å². The summed E-state index contributed by atoms with van der Waals surface area (Å²) in [4.78, 5) is 25.4. The molecule has 1 saturated heterocycles. The molecule has 1 aliphatic heterocycles. The predicted molar refractivity (Wildman–Crippen MR) is 102 cm³/mol. The summed E-state index contributed by atoms with van der Waals surface area (Å²) in [6, 6.07) is 17.4. The highest BCUT2D eigenvalue weighted by Crippen LogP contribution is 2.21. The van der Waals surface area contributed by atoms with Gasteiger partial charge in [-0.1, -0.05) is 30.3 Å². The maximum atomic E-state index is 11.9. The van der Waals surface area contributed by atoms with Crippen molar-refractivity contribution < 1.29 is 9.59 Å². The Labute approximate surface area is 153 Å². The Morgan fingerprint density at radius 1 is 1.04 bits per heavy atom. The first-order valence-corrected chi connectivity index (χ1v) is 8.17. The Kier molecular flexibility index (Phi) is 6.83. The van der Waals surface area contributed by atoms with Crippen LogP contribution in [-0.2, 0) is 16.1 Å². The normalized spacial score (nSPS) is 13.3. The second kappa shape index (κ2) is 9.08. The minimum absolute atomic E-state index is 0. The van der Waals surface area contributed by atoms with Gasteiger partial charge in [0.2, 0.25) is 11.8 Å². The maximum absolute atomic E-state index is 11.9. The fraction of sp³-hybridized carbons (Fsp3) is 0.263. The summed E-state index contributed by atoms with van der Waals surface area (Å²) in [6.07, 6.45) is 1.55. The standard InChI is InChI=1S/C19H21N3O2.ClH/c23-18(14-20-16-5-2-1-3-6-16)21-13-15-8-10-17(11-9-15)22-12-4-7-19(22)24;/h1-3,5-6,8-11,20H,4,7,12-14H2,(H,21,23);1H. The van der Waals surface area contributed by atoms with E-state index in [1.54, 1.807) is 0 Å². The monoisotopic (exact) mass is 359 g/mol. The Bertz CT molecular complexity index is 704. The molecule has 2 aromatic carbocycles. The van der Waals surface area contributed by atoms with Crippen LogP contribution in [0.5, 0.6) is 0 Å². The molecule has 0 saturated carbocycles. The molecule has 25 heavy (non-hydrogen) atoms. The van der Waals surface area contributed by atoms with Crippen LogP contribution in [0.4, 0.5) is 11.4 Å². The van der Waals surface area contributed by atoms with E-state index in [2.05, 4.69) is 10.6 Å².